The van der Waals surface area contributed by atoms with Crippen LogP contribution < -0.4 is 5.49 Å². The molecule has 0 aliphatic carbocycles. The second-order valence-corrected chi connectivity index (χ2v) is 2.97. The van der Waals surface area contributed by atoms with Crippen LogP contribution in [-0.2, 0) is 0 Å². The van der Waals surface area contributed by atoms with E-state index in [9.17, 15) is 0 Å². The number of aromatic nitrogens is 2. The predicted molar refractivity (Wildman–Crippen MR) is 52.8 cm³/mol. The summed E-state index contributed by atoms with van der Waals surface area (Å²) in [4.78, 5) is 4.01. The molecule has 3 nitrogen and oxygen atoms in total. The Morgan fingerprint density at radius 2 is 2.45 bits per heavy atom. The molecule has 1 heterocycles. The minimum absolute atomic E-state index is 0.806. The third-order valence-corrected chi connectivity index (χ3v) is 1.79. The summed E-state index contributed by atoms with van der Waals surface area (Å²) >= 11 is 2.14. The van der Waals surface area contributed by atoms with Crippen molar-refractivity contribution in [2.45, 2.75) is 0 Å². The van der Waals surface area contributed by atoms with E-state index in [0.29, 0.717) is 0 Å². The highest BCUT2D eigenvalue weighted by Crippen LogP contribution is 1.94. The van der Waals surface area contributed by atoms with Crippen LogP contribution in [0.1, 0.15) is 0 Å². The molecule has 4 heteroatoms. The lowest BCUT2D eigenvalue weighted by molar-refractivity contribution is 0.809. The molecule has 0 unspecified atom stereocenters. The second-order valence-electron chi connectivity index (χ2n) is 1.87. The summed E-state index contributed by atoms with van der Waals surface area (Å²) in [6.07, 6.45) is 1.63. The van der Waals surface area contributed by atoms with E-state index in [-0.39, 0.29) is 0 Å². The zero-order valence-corrected chi connectivity index (χ0v) is 8.32. The molecule has 0 amide bonds. The number of hydrogen-bond acceptors (Lipinski definition) is 2. The van der Waals surface area contributed by atoms with Crippen LogP contribution in [-0.4, -0.2) is 16.8 Å². The molecule has 58 valence electrons. The van der Waals surface area contributed by atoms with Crippen LogP contribution >= 0.6 is 22.6 Å². The fourth-order valence-corrected chi connectivity index (χ4v) is 1.13. The maximum atomic E-state index is 4.15. The predicted octanol–water partition coefficient (Wildman–Crippen LogP) is 1.12. The van der Waals surface area contributed by atoms with Crippen molar-refractivity contribution in [2.75, 3.05) is 7.05 Å². The van der Waals surface area contributed by atoms with Crippen molar-refractivity contribution in [1.82, 2.24) is 9.78 Å². The monoisotopic (exact) mass is 261 g/mol. The van der Waals surface area contributed by atoms with E-state index in [1.165, 1.54) is 0 Å². The Hall–Kier alpha value is -0.650. The van der Waals surface area contributed by atoms with E-state index in [1.54, 1.807) is 17.9 Å². The van der Waals surface area contributed by atoms with Gasteiger partial charge < -0.3 is 0 Å². The van der Waals surface area contributed by atoms with Gasteiger partial charge in [0.25, 0.3) is 0 Å². The summed E-state index contributed by atoms with van der Waals surface area (Å²) in [7, 11) is 1.73. The van der Waals surface area contributed by atoms with Crippen molar-refractivity contribution >= 4 is 28.8 Å². The smallest absolute Gasteiger partial charge is 0.148 e. The summed E-state index contributed by atoms with van der Waals surface area (Å²) in [5.74, 6) is 0. The van der Waals surface area contributed by atoms with E-state index in [1.807, 2.05) is 12.1 Å². The number of rotatable bonds is 1. The number of nitrogens with zero attached hydrogens (tertiary/aromatic N) is 3. The number of halogens is 1. The van der Waals surface area contributed by atoms with Crippen LogP contribution in [0.4, 0.5) is 0 Å². The third-order valence-electron chi connectivity index (χ3n) is 1.21. The van der Waals surface area contributed by atoms with Crippen LogP contribution in [0.25, 0.3) is 6.20 Å². The first-order valence-corrected chi connectivity index (χ1v) is 4.16. The van der Waals surface area contributed by atoms with Gasteiger partial charge in [0.15, 0.2) is 0 Å². The molecule has 1 rings (SSSR count). The normalized spacial score (nSPS) is 11.6. The van der Waals surface area contributed by atoms with Crippen molar-refractivity contribution in [3.05, 3.63) is 27.9 Å². The van der Waals surface area contributed by atoms with Crippen LogP contribution in [0.15, 0.2) is 23.7 Å². The van der Waals surface area contributed by atoms with Crippen molar-refractivity contribution in [1.29, 1.82) is 0 Å². The quantitative estimate of drug-likeness (QED) is 0.697. The molecular formula is C7H8IN3. The maximum absolute atomic E-state index is 4.15. The van der Waals surface area contributed by atoms with Gasteiger partial charge >= 0.3 is 0 Å². The average molecular weight is 261 g/mol. The summed E-state index contributed by atoms with van der Waals surface area (Å²) in [6, 6.07) is 3.80. The van der Waals surface area contributed by atoms with Crippen molar-refractivity contribution in [3.63, 3.8) is 0 Å². The summed E-state index contributed by atoms with van der Waals surface area (Å²) in [5, 5.41) is 4.15. The molecular weight excluding hydrogens is 253 g/mol. The van der Waals surface area contributed by atoms with Crippen LogP contribution in [0.5, 0.6) is 0 Å². The third kappa shape index (κ3) is 1.89. The molecule has 1 aromatic heterocycles. The Morgan fingerprint density at radius 3 is 3.00 bits per heavy atom. The summed E-state index contributed by atoms with van der Waals surface area (Å²) in [6.45, 7) is 3.62. The zero-order chi connectivity index (χ0) is 8.27. The van der Waals surface area contributed by atoms with Gasteiger partial charge in [-0.05, 0) is 34.7 Å². The molecule has 0 saturated carbocycles. The fourth-order valence-electron chi connectivity index (χ4n) is 0.718. The van der Waals surface area contributed by atoms with E-state index in [0.717, 1.165) is 9.19 Å². The molecule has 0 radical (unpaired) electrons. The Balaban J connectivity index is 3.40. The van der Waals surface area contributed by atoms with Gasteiger partial charge in [0.1, 0.15) is 9.19 Å². The van der Waals surface area contributed by atoms with E-state index in [4.69, 9.17) is 0 Å². The molecule has 11 heavy (non-hydrogen) atoms. The highest BCUT2D eigenvalue weighted by atomic mass is 127. The van der Waals surface area contributed by atoms with Gasteiger partial charge in [-0.15, -0.1) is 0 Å². The van der Waals surface area contributed by atoms with Gasteiger partial charge in [-0.3, -0.25) is 4.99 Å². The van der Waals surface area contributed by atoms with Gasteiger partial charge in [0.2, 0.25) is 0 Å². The SMILES string of the molecule is C=Cn1nc(I)ccc1=NC. The molecule has 0 aromatic carbocycles. The Kier molecular flexibility index (Phi) is 2.81. The highest BCUT2D eigenvalue weighted by Gasteiger charge is 1.89. The molecule has 0 saturated heterocycles. The van der Waals surface area contributed by atoms with Crippen molar-refractivity contribution in [2.24, 2.45) is 4.99 Å². The lowest BCUT2D eigenvalue weighted by Gasteiger charge is -1.97. The van der Waals surface area contributed by atoms with Gasteiger partial charge in [-0.1, -0.05) is 6.58 Å². The molecule has 0 N–H and O–H groups in total. The standard InChI is InChI=1S/C7H8IN3/c1-3-11-7(9-2)5-4-6(8)10-11/h3-5H,1H2,2H3. The molecule has 0 atom stereocenters. The second kappa shape index (κ2) is 3.66. The van der Waals surface area contributed by atoms with Crippen molar-refractivity contribution < 1.29 is 0 Å². The molecule has 0 fully saturated rings. The summed E-state index contributed by atoms with van der Waals surface area (Å²) < 4.78 is 2.57. The summed E-state index contributed by atoms with van der Waals surface area (Å²) in [5.41, 5.74) is 0.806. The lowest BCUT2D eigenvalue weighted by Crippen LogP contribution is -2.18. The molecule has 0 bridgehead atoms. The van der Waals surface area contributed by atoms with Crippen LogP contribution in [0.2, 0.25) is 0 Å². The average Bonchev–Trinajstić information content (AvgIpc) is 2.04. The largest absolute Gasteiger partial charge is 0.270 e. The highest BCUT2D eigenvalue weighted by molar-refractivity contribution is 14.1. The Morgan fingerprint density at radius 1 is 1.73 bits per heavy atom. The Labute approximate surface area is 78.6 Å². The minimum Gasteiger partial charge on any atom is -0.270 e. The topological polar surface area (TPSA) is 30.2 Å². The lowest BCUT2D eigenvalue weighted by atomic mass is 10.6. The zero-order valence-electron chi connectivity index (χ0n) is 6.16. The van der Waals surface area contributed by atoms with Gasteiger partial charge in [-0.25, -0.2) is 4.68 Å². The fraction of sp³-hybridized carbons (Fsp3) is 0.143. The van der Waals surface area contributed by atoms with E-state index in [2.05, 4.69) is 39.3 Å². The Bertz CT molecular complexity index is 327. The van der Waals surface area contributed by atoms with Crippen LogP contribution in [0, 0.1) is 3.70 Å². The maximum Gasteiger partial charge on any atom is 0.148 e. The molecule has 0 aliphatic heterocycles. The van der Waals surface area contributed by atoms with Crippen LogP contribution in [0.3, 0.4) is 0 Å². The minimum atomic E-state index is 0.806. The molecule has 1 aromatic rings. The number of hydrogen-bond donors (Lipinski definition) is 0. The van der Waals surface area contributed by atoms with Gasteiger partial charge in [0, 0.05) is 13.2 Å². The van der Waals surface area contributed by atoms with Crippen molar-refractivity contribution in [3.8, 4) is 0 Å². The van der Waals surface area contributed by atoms with E-state index >= 15 is 0 Å². The van der Waals surface area contributed by atoms with Gasteiger partial charge in [-0.2, -0.15) is 5.10 Å². The first kappa shape index (κ1) is 8.45. The first-order chi connectivity index (χ1) is 5.27. The molecule has 0 spiro atoms. The van der Waals surface area contributed by atoms with E-state index < -0.39 is 0 Å². The molecule has 0 aliphatic rings. The van der Waals surface area contributed by atoms with Gasteiger partial charge in [0.05, 0.1) is 0 Å². The first-order valence-electron chi connectivity index (χ1n) is 3.08.